The first-order valence-corrected chi connectivity index (χ1v) is 5.86. The highest BCUT2D eigenvalue weighted by molar-refractivity contribution is 5.77. The largest absolute Gasteiger partial charge is 0.301 e. The van der Waals surface area contributed by atoms with E-state index in [1.54, 1.807) is 12.3 Å². The second-order valence-corrected chi connectivity index (χ2v) is 3.93. The molecule has 2 aromatic rings. The molecule has 0 aliphatic carbocycles. The van der Waals surface area contributed by atoms with Crippen LogP contribution in [0.3, 0.4) is 0 Å². The number of fused-ring (bicyclic) bond motifs is 1. The molecule has 4 heteroatoms. The molecule has 2 heterocycles. The fourth-order valence-electron chi connectivity index (χ4n) is 1.79. The van der Waals surface area contributed by atoms with Crippen LogP contribution in [0.1, 0.15) is 18.9 Å². The van der Waals surface area contributed by atoms with E-state index in [9.17, 15) is 9.59 Å². The average molecular weight is 242 g/mol. The van der Waals surface area contributed by atoms with Crippen molar-refractivity contribution in [2.24, 2.45) is 0 Å². The Morgan fingerprint density at radius 2 is 2.22 bits per heavy atom. The number of carbonyl (C=O) groups is 1. The molecule has 0 fully saturated rings. The third-order valence-corrected chi connectivity index (χ3v) is 2.66. The fourth-order valence-corrected chi connectivity index (χ4v) is 1.79. The highest BCUT2D eigenvalue weighted by Gasteiger charge is 2.03. The summed E-state index contributed by atoms with van der Waals surface area (Å²) in [6, 6.07) is 4.98. The molecule has 2 aromatic heterocycles. The Morgan fingerprint density at radius 1 is 1.39 bits per heavy atom. The van der Waals surface area contributed by atoms with Crippen LogP contribution in [0.2, 0.25) is 0 Å². The van der Waals surface area contributed by atoms with Crippen LogP contribution >= 0.6 is 0 Å². The summed E-state index contributed by atoms with van der Waals surface area (Å²) in [5, 5.41) is 0. The third kappa shape index (κ3) is 2.37. The molecule has 2 rings (SSSR count). The lowest BCUT2D eigenvalue weighted by Crippen LogP contribution is -2.20. The van der Waals surface area contributed by atoms with E-state index >= 15 is 0 Å². The molecule has 0 spiro atoms. The van der Waals surface area contributed by atoms with Crippen molar-refractivity contribution in [3.63, 3.8) is 0 Å². The van der Waals surface area contributed by atoms with Crippen molar-refractivity contribution in [2.45, 2.75) is 19.9 Å². The Morgan fingerprint density at radius 3 is 2.94 bits per heavy atom. The van der Waals surface area contributed by atoms with Gasteiger partial charge in [0.05, 0.1) is 17.6 Å². The van der Waals surface area contributed by atoms with Crippen LogP contribution in [-0.2, 0) is 11.3 Å². The van der Waals surface area contributed by atoms with Crippen molar-refractivity contribution >= 4 is 23.4 Å². The molecule has 0 bridgehead atoms. The molecule has 0 N–H and O–H groups in total. The molecular formula is C14H14N2O2. The van der Waals surface area contributed by atoms with Crippen LogP contribution in [0.25, 0.3) is 17.1 Å². The Balaban J connectivity index is 2.64. The number of rotatable bonds is 4. The summed E-state index contributed by atoms with van der Waals surface area (Å²) >= 11 is 0. The normalized spacial score (nSPS) is 11.2. The number of aromatic nitrogens is 2. The van der Waals surface area contributed by atoms with Gasteiger partial charge >= 0.3 is 0 Å². The molecule has 0 saturated carbocycles. The van der Waals surface area contributed by atoms with Crippen molar-refractivity contribution in [3.05, 3.63) is 46.4 Å². The SMILES string of the molecule is CCC=Cc1cnc2ccc(=O)n(CC=O)c2c1. The molecule has 4 nitrogen and oxygen atoms in total. The summed E-state index contributed by atoms with van der Waals surface area (Å²) in [6.45, 7) is 2.10. The maximum Gasteiger partial charge on any atom is 0.251 e. The van der Waals surface area contributed by atoms with Crippen molar-refractivity contribution in [3.8, 4) is 0 Å². The van der Waals surface area contributed by atoms with Crippen LogP contribution in [0.4, 0.5) is 0 Å². The van der Waals surface area contributed by atoms with E-state index in [0.29, 0.717) is 11.0 Å². The lowest BCUT2D eigenvalue weighted by atomic mass is 10.2. The lowest BCUT2D eigenvalue weighted by Gasteiger charge is -2.06. The fraction of sp³-hybridized carbons (Fsp3) is 0.214. The Labute approximate surface area is 105 Å². The highest BCUT2D eigenvalue weighted by atomic mass is 16.1. The summed E-state index contributed by atoms with van der Waals surface area (Å²) in [4.78, 5) is 26.6. The second kappa shape index (κ2) is 5.40. The molecule has 18 heavy (non-hydrogen) atoms. The highest BCUT2D eigenvalue weighted by Crippen LogP contribution is 2.12. The predicted molar refractivity (Wildman–Crippen MR) is 71.4 cm³/mol. The van der Waals surface area contributed by atoms with Gasteiger partial charge in [0.15, 0.2) is 0 Å². The van der Waals surface area contributed by atoms with Crippen LogP contribution in [0.5, 0.6) is 0 Å². The van der Waals surface area contributed by atoms with Gasteiger partial charge in [0, 0.05) is 12.3 Å². The van der Waals surface area contributed by atoms with Crippen LogP contribution < -0.4 is 5.56 Å². The van der Waals surface area contributed by atoms with Gasteiger partial charge in [0.25, 0.3) is 5.56 Å². The van der Waals surface area contributed by atoms with E-state index in [-0.39, 0.29) is 12.1 Å². The number of hydrogen-bond acceptors (Lipinski definition) is 3. The maximum atomic E-state index is 11.7. The first-order valence-electron chi connectivity index (χ1n) is 5.86. The first kappa shape index (κ1) is 12.2. The summed E-state index contributed by atoms with van der Waals surface area (Å²) < 4.78 is 1.43. The zero-order valence-electron chi connectivity index (χ0n) is 10.2. The molecule has 92 valence electrons. The number of hydrogen-bond donors (Lipinski definition) is 0. The van der Waals surface area contributed by atoms with E-state index in [1.807, 2.05) is 25.1 Å². The standard InChI is InChI=1S/C14H14N2O2/c1-2-3-4-11-9-13-12(15-10-11)5-6-14(18)16(13)7-8-17/h3-6,8-10H,2,7H2,1H3. The van der Waals surface area contributed by atoms with E-state index in [4.69, 9.17) is 0 Å². The topological polar surface area (TPSA) is 52.0 Å². The molecule has 0 radical (unpaired) electrons. The lowest BCUT2D eigenvalue weighted by molar-refractivity contribution is -0.108. The second-order valence-electron chi connectivity index (χ2n) is 3.93. The number of aldehydes is 1. The molecule has 0 atom stereocenters. The molecule has 0 aliphatic heterocycles. The molecule has 0 aliphatic rings. The van der Waals surface area contributed by atoms with E-state index in [2.05, 4.69) is 4.98 Å². The van der Waals surface area contributed by atoms with Gasteiger partial charge in [-0.1, -0.05) is 19.1 Å². The summed E-state index contributed by atoms with van der Waals surface area (Å²) in [5.74, 6) is 0. The van der Waals surface area contributed by atoms with Gasteiger partial charge in [-0.05, 0) is 24.1 Å². The minimum Gasteiger partial charge on any atom is -0.301 e. The van der Waals surface area contributed by atoms with E-state index < -0.39 is 0 Å². The smallest absolute Gasteiger partial charge is 0.251 e. The van der Waals surface area contributed by atoms with Gasteiger partial charge in [-0.15, -0.1) is 0 Å². The third-order valence-electron chi connectivity index (χ3n) is 2.66. The van der Waals surface area contributed by atoms with Gasteiger partial charge in [-0.3, -0.25) is 14.3 Å². The first-order chi connectivity index (χ1) is 8.76. The molecular weight excluding hydrogens is 228 g/mol. The van der Waals surface area contributed by atoms with Gasteiger partial charge < -0.3 is 4.79 Å². The zero-order chi connectivity index (χ0) is 13.0. The van der Waals surface area contributed by atoms with Crippen LogP contribution in [0.15, 0.2) is 35.3 Å². The summed E-state index contributed by atoms with van der Waals surface area (Å²) in [7, 11) is 0. The van der Waals surface area contributed by atoms with Crippen molar-refractivity contribution in [2.75, 3.05) is 0 Å². The van der Waals surface area contributed by atoms with Crippen molar-refractivity contribution in [1.82, 2.24) is 9.55 Å². The molecule has 0 saturated heterocycles. The van der Waals surface area contributed by atoms with Gasteiger partial charge in [-0.2, -0.15) is 0 Å². The number of nitrogens with zero attached hydrogens (tertiary/aromatic N) is 2. The Bertz CT molecular complexity index is 656. The quantitative estimate of drug-likeness (QED) is 0.771. The summed E-state index contributed by atoms with van der Waals surface area (Å²) in [6.07, 6.45) is 7.39. The van der Waals surface area contributed by atoms with Crippen LogP contribution in [0, 0.1) is 0 Å². The van der Waals surface area contributed by atoms with E-state index in [0.717, 1.165) is 18.3 Å². The maximum absolute atomic E-state index is 11.7. The summed E-state index contributed by atoms with van der Waals surface area (Å²) in [5.41, 5.74) is 2.14. The zero-order valence-corrected chi connectivity index (χ0v) is 10.2. The van der Waals surface area contributed by atoms with E-state index in [1.165, 1.54) is 10.6 Å². The molecule has 0 unspecified atom stereocenters. The number of allylic oxidation sites excluding steroid dienone is 1. The molecule has 0 aromatic carbocycles. The predicted octanol–water partition coefficient (Wildman–Crippen LogP) is 2.02. The van der Waals surface area contributed by atoms with Crippen molar-refractivity contribution < 1.29 is 4.79 Å². The monoisotopic (exact) mass is 242 g/mol. The van der Waals surface area contributed by atoms with Crippen molar-refractivity contribution in [1.29, 1.82) is 0 Å². The number of pyridine rings is 2. The van der Waals surface area contributed by atoms with Gasteiger partial charge in [0.1, 0.15) is 6.29 Å². The minimum atomic E-state index is -0.187. The minimum absolute atomic E-state index is 0.0544. The van der Waals surface area contributed by atoms with Gasteiger partial charge in [-0.25, -0.2) is 0 Å². The Hall–Kier alpha value is -2.23. The van der Waals surface area contributed by atoms with Crippen LogP contribution in [-0.4, -0.2) is 15.8 Å². The molecule has 0 amide bonds. The number of carbonyl (C=O) groups excluding carboxylic acids is 1. The Kier molecular flexibility index (Phi) is 3.67. The average Bonchev–Trinajstić information content (AvgIpc) is 2.39. The van der Waals surface area contributed by atoms with Gasteiger partial charge in [0.2, 0.25) is 0 Å².